The minimum Gasteiger partial charge on any atom is -0.493 e. The highest BCUT2D eigenvalue weighted by Crippen LogP contribution is 2.28. The zero-order valence-corrected chi connectivity index (χ0v) is 13.3. The van der Waals surface area contributed by atoms with Crippen LogP contribution in [0.25, 0.3) is 11.0 Å². The quantitative estimate of drug-likeness (QED) is 0.821. The molecule has 1 heterocycles. The van der Waals surface area contributed by atoms with Crippen LogP contribution >= 0.6 is 0 Å². The van der Waals surface area contributed by atoms with Gasteiger partial charge in [0.25, 0.3) is 0 Å². The van der Waals surface area contributed by atoms with Crippen molar-refractivity contribution in [2.75, 3.05) is 13.7 Å². The van der Waals surface area contributed by atoms with Gasteiger partial charge in [-0.15, -0.1) is 0 Å². The van der Waals surface area contributed by atoms with Gasteiger partial charge in [-0.05, 0) is 31.4 Å². The number of hydrogen-bond donors (Lipinski definition) is 2. The molecular weight excluding hydrogens is 266 g/mol. The van der Waals surface area contributed by atoms with Crippen LogP contribution in [0.2, 0.25) is 0 Å². The van der Waals surface area contributed by atoms with E-state index in [-0.39, 0.29) is 0 Å². The van der Waals surface area contributed by atoms with Crippen molar-refractivity contribution in [2.24, 2.45) is 5.92 Å². The lowest BCUT2D eigenvalue weighted by Crippen LogP contribution is -2.38. The van der Waals surface area contributed by atoms with E-state index in [0.717, 1.165) is 28.9 Å². The molecule has 0 aliphatic heterocycles. The van der Waals surface area contributed by atoms with E-state index >= 15 is 0 Å². The summed E-state index contributed by atoms with van der Waals surface area (Å²) < 4.78 is 11.1. The van der Waals surface area contributed by atoms with Crippen LogP contribution in [0, 0.1) is 5.92 Å². The van der Waals surface area contributed by atoms with Gasteiger partial charge in [-0.25, -0.2) is 0 Å². The molecule has 0 bridgehead atoms. The lowest BCUT2D eigenvalue weighted by molar-refractivity contribution is 0.0380. The number of ether oxygens (including phenoxy) is 1. The second-order valence-corrected chi connectivity index (χ2v) is 6.29. The molecule has 1 aromatic heterocycles. The van der Waals surface area contributed by atoms with Crippen molar-refractivity contribution in [1.29, 1.82) is 0 Å². The van der Waals surface area contributed by atoms with Gasteiger partial charge >= 0.3 is 0 Å². The van der Waals surface area contributed by atoms with Crippen LogP contribution in [-0.2, 0) is 6.54 Å². The Bertz CT molecular complexity index is 587. The van der Waals surface area contributed by atoms with Gasteiger partial charge in [0.1, 0.15) is 5.76 Å². The minimum atomic E-state index is -0.697. The molecule has 4 nitrogen and oxygen atoms in total. The Morgan fingerprint density at radius 1 is 1.38 bits per heavy atom. The Morgan fingerprint density at radius 3 is 2.81 bits per heavy atom. The smallest absolute Gasteiger partial charge is 0.176 e. The fourth-order valence-corrected chi connectivity index (χ4v) is 2.74. The van der Waals surface area contributed by atoms with Gasteiger partial charge in [0, 0.05) is 11.9 Å². The SMILES string of the molecule is COc1cccc2cc(CNCC(C)(O)CC(C)C)oc12. The number of methoxy groups -OCH3 is 1. The highest BCUT2D eigenvalue weighted by Gasteiger charge is 2.21. The van der Waals surface area contributed by atoms with Gasteiger partial charge in [-0.2, -0.15) is 0 Å². The third-order valence-electron chi connectivity index (χ3n) is 3.43. The number of furan rings is 1. The average Bonchev–Trinajstić information content (AvgIpc) is 2.79. The monoisotopic (exact) mass is 291 g/mol. The molecule has 0 saturated carbocycles. The van der Waals surface area contributed by atoms with Crippen molar-refractivity contribution >= 4 is 11.0 Å². The molecule has 0 radical (unpaired) electrons. The van der Waals surface area contributed by atoms with E-state index < -0.39 is 5.60 Å². The summed E-state index contributed by atoms with van der Waals surface area (Å²) in [6.45, 7) is 7.22. The van der Waals surface area contributed by atoms with Crippen LogP contribution in [-0.4, -0.2) is 24.4 Å². The Kier molecular flexibility index (Phi) is 4.91. The third kappa shape index (κ3) is 4.22. The fraction of sp³-hybridized carbons (Fsp3) is 0.529. The molecule has 4 heteroatoms. The number of fused-ring (bicyclic) bond motifs is 1. The lowest BCUT2D eigenvalue weighted by Gasteiger charge is -2.25. The molecule has 116 valence electrons. The second-order valence-electron chi connectivity index (χ2n) is 6.29. The van der Waals surface area contributed by atoms with E-state index in [1.807, 2.05) is 31.2 Å². The average molecular weight is 291 g/mol. The van der Waals surface area contributed by atoms with Crippen molar-refractivity contribution < 1.29 is 14.3 Å². The first-order valence-corrected chi connectivity index (χ1v) is 7.40. The summed E-state index contributed by atoms with van der Waals surface area (Å²) >= 11 is 0. The molecule has 1 aromatic carbocycles. The maximum atomic E-state index is 10.3. The summed E-state index contributed by atoms with van der Waals surface area (Å²) in [4.78, 5) is 0. The van der Waals surface area contributed by atoms with Crippen LogP contribution in [0.4, 0.5) is 0 Å². The van der Waals surface area contributed by atoms with Crippen LogP contribution in [0.3, 0.4) is 0 Å². The summed E-state index contributed by atoms with van der Waals surface area (Å²) in [7, 11) is 1.64. The van der Waals surface area contributed by atoms with Crippen LogP contribution < -0.4 is 10.1 Å². The standard InChI is InChI=1S/C17H25NO3/c1-12(2)9-17(3,19)11-18-10-14-8-13-6-5-7-15(20-4)16(13)21-14/h5-8,12,18-19H,9-11H2,1-4H3. The Balaban J connectivity index is 1.98. The van der Waals surface area contributed by atoms with E-state index in [0.29, 0.717) is 19.0 Å². The number of aliphatic hydroxyl groups is 1. The van der Waals surface area contributed by atoms with Crippen molar-refractivity contribution in [1.82, 2.24) is 5.32 Å². The number of para-hydroxylation sites is 1. The fourth-order valence-electron chi connectivity index (χ4n) is 2.74. The molecular formula is C17H25NO3. The highest BCUT2D eigenvalue weighted by atomic mass is 16.5. The maximum absolute atomic E-state index is 10.3. The molecule has 2 N–H and O–H groups in total. The Morgan fingerprint density at radius 2 is 2.14 bits per heavy atom. The topological polar surface area (TPSA) is 54.6 Å². The second kappa shape index (κ2) is 6.50. The maximum Gasteiger partial charge on any atom is 0.176 e. The van der Waals surface area contributed by atoms with Crippen LogP contribution in [0.5, 0.6) is 5.75 Å². The van der Waals surface area contributed by atoms with Gasteiger partial charge < -0.3 is 19.6 Å². The number of rotatable bonds is 7. The molecule has 0 saturated heterocycles. The van der Waals surface area contributed by atoms with Gasteiger partial charge in [0.2, 0.25) is 0 Å². The van der Waals surface area contributed by atoms with Gasteiger partial charge in [0.05, 0.1) is 19.3 Å². The van der Waals surface area contributed by atoms with Crippen molar-refractivity contribution in [2.45, 2.75) is 39.3 Å². The first kappa shape index (κ1) is 15.9. The van der Waals surface area contributed by atoms with E-state index in [2.05, 4.69) is 19.2 Å². The van der Waals surface area contributed by atoms with Crippen molar-refractivity contribution in [3.05, 3.63) is 30.0 Å². The minimum absolute atomic E-state index is 0.470. The first-order valence-electron chi connectivity index (χ1n) is 7.40. The summed E-state index contributed by atoms with van der Waals surface area (Å²) in [6, 6.07) is 7.83. The van der Waals surface area contributed by atoms with E-state index in [4.69, 9.17) is 9.15 Å². The van der Waals surface area contributed by atoms with Gasteiger partial charge in [-0.1, -0.05) is 26.0 Å². The Labute approximate surface area is 126 Å². The van der Waals surface area contributed by atoms with Gasteiger partial charge in [-0.3, -0.25) is 0 Å². The van der Waals surface area contributed by atoms with E-state index in [9.17, 15) is 5.11 Å². The van der Waals surface area contributed by atoms with Crippen LogP contribution in [0.1, 0.15) is 33.0 Å². The largest absolute Gasteiger partial charge is 0.493 e. The van der Waals surface area contributed by atoms with Crippen LogP contribution in [0.15, 0.2) is 28.7 Å². The van der Waals surface area contributed by atoms with E-state index in [1.54, 1.807) is 7.11 Å². The number of benzene rings is 1. The molecule has 2 rings (SSSR count). The molecule has 0 spiro atoms. The summed E-state index contributed by atoms with van der Waals surface area (Å²) in [5.41, 5.74) is 0.0726. The number of nitrogens with one attached hydrogen (secondary N) is 1. The lowest BCUT2D eigenvalue weighted by atomic mass is 9.94. The summed E-state index contributed by atoms with van der Waals surface area (Å²) in [5, 5.41) is 14.6. The molecule has 1 unspecified atom stereocenters. The molecule has 2 aromatic rings. The Hall–Kier alpha value is -1.52. The predicted octanol–water partition coefficient (Wildman–Crippen LogP) is 3.33. The predicted molar refractivity (Wildman–Crippen MR) is 84.6 cm³/mol. The summed E-state index contributed by atoms with van der Waals surface area (Å²) in [5.74, 6) is 2.05. The molecule has 21 heavy (non-hydrogen) atoms. The number of hydrogen-bond acceptors (Lipinski definition) is 4. The summed E-state index contributed by atoms with van der Waals surface area (Å²) in [6.07, 6.45) is 0.772. The van der Waals surface area contributed by atoms with Crippen molar-refractivity contribution in [3.63, 3.8) is 0 Å². The normalized spacial score (nSPS) is 14.6. The molecule has 0 aliphatic carbocycles. The van der Waals surface area contributed by atoms with Gasteiger partial charge in [0.15, 0.2) is 11.3 Å². The third-order valence-corrected chi connectivity index (χ3v) is 3.43. The zero-order chi connectivity index (χ0) is 15.5. The highest BCUT2D eigenvalue weighted by molar-refractivity contribution is 5.83. The molecule has 0 aliphatic rings. The van der Waals surface area contributed by atoms with E-state index in [1.165, 1.54) is 0 Å². The molecule has 0 amide bonds. The molecule has 0 fully saturated rings. The molecule has 1 atom stereocenters. The van der Waals surface area contributed by atoms with Crippen molar-refractivity contribution in [3.8, 4) is 5.75 Å². The first-order chi connectivity index (χ1) is 9.91. The zero-order valence-electron chi connectivity index (χ0n) is 13.3.